The number of benzene rings is 1. The van der Waals surface area contributed by atoms with Crippen LogP contribution in [0.15, 0.2) is 34.9 Å². The Kier molecular flexibility index (Phi) is 6.13. The highest BCUT2D eigenvalue weighted by atomic mass is 16.5. The van der Waals surface area contributed by atoms with E-state index in [0.29, 0.717) is 17.0 Å². The molecule has 0 unspecified atom stereocenters. The van der Waals surface area contributed by atoms with Crippen LogP contribution in [0.4, 0.5) is 17.2 Å². The van der Waals surface area contributed by atoms with Gasteiger partial charge in [0, 0.05) is 26.1 Å². The van der Waals surface area contributed by atoms with Crippen LogP contribution in [0, 0.1) is 5.92 Å². The Morgan fingerprint density at radius 1 is 1.18 bits per heavy atom. The standard InChI is InChI=1S/C22H23N7O5/c1-29(2)22(32)15-10-24-21(34-15)12-5-4-6-13(18(12)33-3)25-14-9-16(26-20(31)11-7-8-11)27-28-17(14)19(23)30/h4-6,9-11H,7-8H2,1-3H3,(H2,23,30)(H2,25,26,27,31). The van der Waals surface area contributed by atoms with Crippen LogP contribution in [0.5, 0.6) is 5.75 Å². The summed E-state index contributed by atoms with van der Waals surface area (Å²) in [5, 5.41) is 13.5. The highest BCUT2D eigenvalue weighted by molar-refractivity contribution is 5.99. The van der Waals surface area contributed by atoms with Crippen molar-refractivity contribution in [2.45, 2.75) is 12.8 Å². The molecular formula is C22H23N7O5. The number of methoxy groups -OCH3 is 1. The fourth-order valence-corrected chi connectivity index (χ4v) is 3.19. The minimum atomic E-state index is -0.801. The number of anilines is 3. The highest BCUT2D eigenvalue weighted by Crippen LogP contribution is 2.38. The SMILES string of the molecule is COc1c(Nc2cc(NC(=O)C3CC3)nnc2C(N)=O)cccc1-c1ncc(C(=O)N(C)C)o1. The molecule has 3 amide bonds. The topological polar surface area (TPSA) is 166 Å². The Morgan fingerprint density at radius 3 is 2.59 bits per heavy atom. The first-order valence-corrected chi connectivity index (χ1v) is 10.4. The predicted octanol–water partition coefficient (Wildman–Crippen LogP) is 2.03. The molecule has 4 rings (SSSR count). The minimum Gasteiger partial charge on any atom is -0.494 e. The third-order valence-electron chi connectivity index (χ3n) is 5.07. The second-order valence-electron chi connectivity index (χ2n) is 7.86. The van der Waals surface area contributed by atoms with Gasteiger partial charge in [0.05, 0.1) is 30.2 Å². The first-order chi connectivity index (χ1) is 16.3. The van der Waals surface area contributed by atoms with Gasteiger partial charge in [-0.15, -0.1) is 10.2 Å². The maximum atomic E-state index is 12.2. The maximum Gasteiger partial charge on any atom is 0.290 e. The quantitative estimate of drug-likeness (QED) is 0.451. The van der Waals surface area contributed by atoms with E-state index in [2.05, 4.69) is 25.8 Å². The number of carbonyl (C=O) groups is 3. The maximum absolute atomic E-state index is 12.2. The lowest BCUT2D eigenvalue weighted by Crippen LogP contribution is -2.20. The highest BCUT2D eigenvalue weighted by Gasteiger charge is 2.30. The van der Waals surface area contributed by atoms with Gasteiger partial charge in [-0.1, -0.05) is 6.07 Å². The van der Waals surface area contributed by atoms with E-state index in [-0.39, 0.29) is 46.6 Å². The van der Waals surface area contributed by atoms with E-state index in [0.717, 1.165) is 12.8 Å². The van der Waals surface area contributed by atoms with Crippen LogP contribution >= 0.6 is 0 Å². The molecule has 2 heterocycles. The molecule has 0 aliphatic heterocycles. The number of nitrogens with zero attached hydrogens (tertiary/aromatic N) is 4. The summed E-state index contributed by atoms with van der Waals surface area (Å²) >= 11 is 0. The largest absolute Gasteiger partial charge is 0.494 e. The Bertz CT molecular complexity index is 1270. The summed E-state index contributed by atoms with van der Waals surface area (Å²) in [5.74, 6) is -0.555. The molecule has 0 spiro atoms. The zero-order valence-electron chi connectivity index (χ0n) is 18.8. The smallest absolute Gasteiger partial charge is 0.290 e. The zero-order valence-corrected chi connectivity index (χ0v) is 18.8. The fourth-order valence-electron chi connectivity index (χ4n) is 3.19. The summed E-state index contributed by atoms with van der Waals surface area (Å²) in [6.07, 6.45) is 3.00. The van der Waals surface area contributed by atoms with Gasteiger partial charge >= 0.3 is 0 Å². The average molecular weight is 465 g/mol. The van der Waals surface area contributed by atoms with Crippen LogP contribution in [-0.4, -0.2) is 59.0 Å². The van der Waals surface area contributed by atoms with Gasteiger partial charge in [0.25, 0.3) is 11.8 Å². The molecule has 3 aromatic rings. The van der Waals surface area contributed by atoms with Crippen LogP contribution in [0.2, 0.25) is 0 Å². The molecule has 1 aliphatic rings. The Morgan fingerprint density at radius 2 is 1.94 bits per heavy atom. The summed E-state index contributed by atoms with van der Waals surface area (Å²) in [7, 11) is 4.67. The molecule has 2 aromatic heterocycles. The first kappa shape index (κ1) is 22.7. The molecule has 0 atom stereocenters. The number of nitrogens with one attached hydrogen (secondary N) is 2. The van der Waals surface area contributed by atoms with Crippen molar-refractivity contribution in [3.8, 4) is 17.2 Å². The average Bonchev–Trinajstić information content (AvgIpc) is 3.55. The van der Waals surface area contributed by atoms with Crippen molar-refractivity contribution in [1.82, 2.24) is 20.1 Å². The molecule has 12 heteroatoms. The fraction of sp³-hybridized carbons (Fsp3) is 0.273. The lowest BCUT2D eigenvalue weighted by molar-refractivity contribution is -0.117. The normalized spacial score (nSPS) is 12.7. The molecule has 1 aromatic carbocycles. The summed E-state index contributed by atoms with van der Waals surface area (Å²) in [4.78, 5) is 41.8. The van der Waals surface area contributed by atoms with Crippen LogP contribution in [0.1, 0.15) is 33.9 Å². The summed E-state index contributed by atoms with van der Waals surface area (Å²) in [5.41, 5.74) is 6.47. The van der Waals surface area contributed by atoms with E-state index in [1.807, 2.05) is 0 Å². The monoisotopic (exact) mass is 465 g/mol. The molecule has 1 fully saturated rings. The first-order valence-electron chi connectivity index (χ1n) is 10.4. The number of aromatic nitrogens is 3. The summed E-state index contributed by atoms with van der Waals surface area (Å²) < 4.78 is 11.2. The number of rotatable bonds is 8. The van der Waals surface area contributed by atoms with Crippen molar-refractivity contribution in [1.29, 1.82) is 0 Å². The molecule has 0 bridgehead atoms. The lowest BCUT2D eigenvalue weighted by Gasteiger charge is -2.15. The van der Waals surface area contributed by atoms with Crippen molar-refractivity contribution < 1.29 is 23.5 Å². The molecule has 0 radical (unpaired) electrons. The van der Waals surface area contributed by atoms with E-state index in [9.17, 15) is 14.4 Å². The number of oxazole rings is 1. The molecule has 1 aliphatic carbocycles. The molecule has 34 heavy (non-hydrogen) atoms. The van der Waals surface area contributed by atoms with E-state index >= 15 is 0 Å². The number of hydrogen-bond acceptors (Lipinski definition) is 9. The number of carbonyl (C=O) groups excluding carboxylic acids is 3. The predicted molar refractivity (Wildman–Crippen MR) is 122 cm³/mol. The summed E-state index contributed by atoms with van der Waals surface area (Å²) in [6.45, 7) is 0. The van der Waals surface area contributed by atoms with Crippen molar-refractivity contribution in [2.24, 2.45) is 11.7 Å². The molecule has 4 N–H and O–H groups in total. The van der Waals surface area contributed by atoms with Gasteiger partial charge in [-0.3, -0.25) is 14.4 Å². The van der Waals surface area contributed by atoms with Gasteiger partial charge in [-0.2, -0.15) is 0 Å². The van der Waals surface area contributed by atoms with E-state index in [1.54, 1.807) is 32.3 Å². The third kappa shape index (κ3) is 4.65. The molecular weight excluding hydrogens is 442 g/mol. The second-order valence-corrected chi connectivity index (χ2v) is 7.86. The van der Waals surface area contributed by atoms with Crippen LogP contribution in [0.3, 0.4) is 0 Å². The zero-order chi connectivity index (χ0) is 24.4. The van der Waals surface area contributed by atoms with Crippen LogP contribution < -0.4 is 21.1 Å². The van der Waals surface area contributed by atoms with Crippen LogP contribution in [-0.2, 0) is 4.79 Å². The molecule has 1 saturated carbocycles. The number of primary amides is 1. The number of hydrogen-bond donors (Lipinski definition) is 3. The summed E-state index contributed by atoms with van der Waals surface area (Å²) in [6, 6.07) is 6.59. The Hall–Kier alpha value is -4.48. The number of ether oxygens (including phenoxy) is 1. The van der Waals surface area contributed by atoms with Crippen molar-refractivity contribution >= 4 is 34.9 Å². The molecule has 176 valence electrons. The van der Waals surface area contributed by atoms with Gasteiger partial charge in [0.2, 0.25) is 17.6 Å². The molecule has 0 saturated heterocycles. The van der Waals surface area contributed by atoms with Gasteiger partial charge in [-0.25, -0.2) is 4.98 Å². The van der Waals surface area contributed by atoms with Gasteiger partial charge in [-0.05, 0) is 25.0 Å². The van der Waals surface area contributed by atoms with Crippen molar-refractivity contribution in [2.75, 3.05) is 31.8 Å². The number of nitrogens with two attached hydrogens (primary N) is 1. The third-order valence-corrected chi connectivity index (χ3v) is 5.07. The lowest BCUT2D eigenvalue weighted by atomic mass is 10.1. The molecule has 12 nitrogen and oxygen atoms in total. The van der Waals surface area contributed by atoms with E-state index in [4.69, 9.17) is 14.9 Å². The van der Waals surface area contributed by atoms with Gasteiger partial charge in [0.15, 0.2) is 17.3 Å². The van der Waals surface area contributed by atoms with Gasteiger partial charge in [0.1, 0.15) is 0 Å². The Labute approximate surface area is 194 Å². The van der Waals surface area contributed by atoms with Gasteiger partial charge < -0.3 is 30.4 Å². The van der Waals surface area contributed by atoms with E-state index in [1.165, 1.54) is 24.3 Å². The minimum absolute atomic E-state index is 0.0316. The van der Waals surface area contributed by atoms with Crippen molar-refractivity contribution in [3.63, 3.8) is 0 Å². The Balaban J connectivity index is 1.68. The van der Waals surface area contributed by atoms with Crippen molar-refractivity contribution in [3.05, 3.63) is 41.9 Å². The number of para-hydroxylation sites is 1. The van der Waals surface area contributed by atoms with E-state index < -0.39 is 5.91 Å². The number of amides is 3. The van der Waals surface area contributed by atoms with Crippen LogP contribution in [0.25, 0.3) is 11.5 Å². The second kappa shape index (κ2) is 9.17.